The zero-order valence-electron chi connectivity index (χ0n) is 8.93. The summed E-state index contributed by atoms with van der Waals surface area (Å²) in [5, 5.41) is 9.12. The van der Waals surface area contributed by atoms with Crippen molar-refractivity contribution in [1.29, 1.82) is 0 Å². The summed E-state index contributed by atoms with van der Waals surface area (Å²) in [5.41, 5.74) is 1.17. The maximum atomic E-state index is 13.2. The molecule has 15 heavy (non-hydrogen) atoms. The lowest BCUT2D eigenvalue weighted by Gasteiger charge is -2.21. The van der Waals surface area contributed by atoms with Crippen molar-refractivity contribution in [1.82, 2.24) is 9.47 Å². The van der Waals surface area contributed by atoms with Gasteiger partial charge in [0.1, 0.15) is 6.17 Å². The molecule has 0 spiro atoms. The molecule has 3 nitrogen and oxygen atoms in total. The van der Waals surface area contributed by atoms with Crippen molar-refractivity contribution in [3.63, 3.8) is 0 Å². The van der Waals surface area contributed by atoms with E-state index in [0.717, 1.165) is 6.54 Å². The molecule has 0 radical (unpaired) electrons. The standard InChI is InChI=1S/C11H17FN2O/c1-13-3-2-9(5-13)6-14-7-10(12)4-11(14)8-15/h2-3,5,10-11,15H,4,6-8H2,1H3/t10-,11-/m0/s1. The molecular formula is C11H17FN2O. The Morgan fingerprint density at radius 1 is 1.60 bits per heavy atom. The van der Waals surface area contributed by atoms with Crippen LogP contribution in [-0.4, -0.2) is 39.9 Å². The van der Waals surface area contributed by atoms with E-state index in [9.17, 15) is 4.39 Å². The summed E-state index contributed by atoms with van der Waals surface area (Å²) < 4.78 is 15.1. The highest BCUT2D eigenvalue weighted by atomic mass is 19.1. The second kappa shape index (κ2) is 4.33. The molecule has 1 saturated heterocycles. The fourth-order valence-electron chi connectivity index (χ4n) is 2.19. The number of aromatic nitrogens is 1. The zero-order valence-corrected chi connectivity index (χ0v) is 8.93. The molecule has 1 aliphatic rings. The Balaban J connectivity index is 1.99. The summed E-state index contributed by atoms with van der Waals surface area (Å²) in [6, 6.07) is 2.01. The minimum Gasteiger partial charge on any atom is -0.395 e. The Kier molecular flexibility index (Phi) is 3.07. The normalized spacial score (nSPS) is 27.4. The van der Waals surface area contributed by atoms with Gasteiger partial charge in [0.15, 0.2) is 0 Å². The molecule has 1 aromatic rings. The molecule has 1 N–H and O–H groups in total. The average Bonchev–Trinajstić information content (AvgIpc) is 2.73. The number of likely N-dealkylation sites (tertiary alicyclic amines) is 1. The molecule has 1 fully saturated rings. The Morgan fingerprint density at radius 2 is 2.40 bits per heavy atom. The highest BCUT2D eigenvalue weighted by molar-refractivity contribution is 5.10. The maximum absolute atomic E-state index is 13.2. The number of aliphatic hydroxyl groups is 1. The number of nitrogens with zero attached hydrogens (tertiary/aromatic N) is 2. The van der Waals surface area contributed by atoms with Gasteiger partial charge in [0, 0.05) is 38.6 Å². The van der Waals surface area contributed by atoms with Crippen LogP contribution in [0.1, 0.15) is 12.0 Å². The van der Waals surface area contributed by atoms with Crippen LogP contribution in [0.25, 0.3) is 0 Å². The highest BCUT2D eigenvalue weighted by Crippen LogP contribution is 2.22. The van der Waals surface area contributed by atoms with E-state index in [-0.39, 0.29) is 12.6 Å². The van der Waals surface area contributed by atoms with Gasteiger partial charge >= 0.3 is 0 Å². The first kappa shape index (κ1) is 10.6. The zero-order chi connectivity index (χ0) is 10.8. The Hall–Kier alpha value is -0.870. The fourth-order valence-corrected chi connectivity index (χ4v) is 2.19. The number of aryl methyl sites for hydroxylation is 1. The van der Waals surface area contributed by atoms with Gasteiger partial charge in [-0.25, -0.2) is 4.39 Å². The van der Waals surface area contributed by atoms with E-state index < -0.39 is 6.17 Å². The number of alkyl halides is 1. The van der Waals surface area contributed by atoms with Crippen LogP contribution in [-0.2, 0) is 13.6 Å². The molecule has 0 saturated carbocycles. The van der Waals surface area contributed by atoms with Crippen LogP contribution in [0, 0.1) is 0 Å². The van der Waals surface area contributed by atoms with Crippen molar-refractivity contribution in [2.75, 3.05) is 13.2 Å². The largest absolute Gasteiger partial charge is 0.395 e. The SMILES string of the molecule is Cn1ccc(CN2C[C@@H](F)C[C@H]2CO)c1. The molecule has 2 rings (SSSR count). The van der Waals surface area contributed by atoms with Crippen molar-refractivity contribution in [2.24, 2.45) is 7.05 Å². The van der Waals surface area contributed by atoms with E-state index in [0.29, 0.717) is 13.0 Å². The molecule has 4 heteroatoms. The van der Waals surface area contributed by atoms with Crippen molar-refractivity contribution in [3.8, 4) is 0 Å². The lowest BCUT2D eigenvalue weighted by molar-refractivity contribution is 0.153. The lowest BCUT2D eigenvalue weighted by atomic mass is 10.2. The number of aliphatic hydroxyl groups excluding tert-OH is 1. The van der Waals surface area contributed by atoms with Crippen LogP contribution in [0.4, 0.5) is 4.39 Å². The van der Waals surface area contributed by atoms with E-state index in [2.05, 4.69) is 0 Å². The Labute approximate surface area is 89.1 Å². The minimum atomic E-state index is -0.786. The van der Waals surface area contributed by atoms with E-state index in [1.54, 1.807) is 0 Å². The molecule has 0 bridgehead atoms. The van der Waals surface area contributed by atoms with Gasteiger partial charge in [0.25, 0.3) is 0 Å². The summed E-state index contributed by atoms with van der Waals surface area (Å²) in [7, 11) is 1.97. The molecule has 84 valence electrons. The van der Waals surface area contributed by atoms with E-state index >= 15 is 0 Å². The first-order chi connectivity index (χ1) is 7.19. The monoisotopic (exact) mass is 212 g/mol. The van der Waals surface area contributed by atoms with Gasteiger partial charge in [-0.1, -0.05) is 0 Å². The third-order valence-corrected chi connectivity index (χ3v) is 2.97. The summed E-state index contributed by atoms with van der Waals surface area (Å²) in [4.78, 5) is 2.01. The van der Waals surface area contributed by atoms with Gasteiger partial charge in [-0.2, -0.15) is 0 Å². The number of hydrogen-bond donors (Lipinski definition) is 1. The van der Waals surface area contributed by atoms with Gasteiger partial charge < -0.3 is 9.67 Å². The Bertz CT molecular complexity index is 326. The molecular weight excluding hydrogens is 195 g/mol. The second-order valence-corrected chi connectivity index (χ2v) is 4.28. The van der Waals surface area contributed by atoms with Gasteiger partial charge in [0.05, 0.1) is 6.61 Å². The number of hydrogen-bond acceptors (Lipinski definition) is 2. The van der Waals surface area contributed by atoms with E-state index in [1.165, 1.54) is 5.56 Å². The van der Waals surface area contributed by atoms with Crippen LogP contribution >= 0.6 is 0 Å². The third-order valence-electron chi connectivity index (χ3n) is 2.97. The quantitative estimate of drug-likeness (QED) is 0.807. The number of rotatable bonds is 3. The molecule has 0 aliphatic carbocycles. The minimum absolute atomic E-state index is 0.0137. The maximum Gasteiger partial charge on any atom is 0.114 e. The lowest BCUT2D eigenvalue weighted by Crippen LogP contribution is -2.31. The van der Waals surface area contributed by atoms with Crippen LogP contribution in [0.2, 0.25) is 0 Å². The summed E-state index contributed by atoms with van der Waals surface area (Å²) in [6.07, 6.45) is 3.68. The topological polar surface area (TPSA) is 28.4 Å². The van der Waals surface area contributed by atoms with Gasteiger partial charge in [0.2, 0.25) is 0 Å². The molecule has 0 amide bonds. The second-order valence-electron chi connectivity index (χ2n) is 4.28. The van der Waals surface area contributed by atoms with Crippen molar-refractivity contribution in [2.45, 2.75) is 25.2 Å². The fraction of sp³-hybridized carbons (Fsp3) is 0.636. The predicted molar refractivity (Wildman–Crippen MR) is 56.2 cm³/mol. The van der Waals surface area contributed by atoms with Crippen LogP contribution in [0.3, 0.4) is 0 Å². The number of halogens is 1. The van der Waals surface area contributed by atoms with Crippen LogP contribution in [0.5, 0.6) is 0 Å². The average molecular weight is 212 g/mol. The van der Waals surface area contributed by atoms with E-state index in [4.69, 9.17) is 5.11 Å². The van der Waals surface area contributed by atoms with Gasteiger partial charge in [-0.3, -0.25) is 4.90 Å². The van der Waals surface area contributed by atoms with E-state index in [1.807, 2.05) is 35.0 Å². The summed E-state index contributed by atoms with van der Waals surface area (Å²) in [5.74, 6) is 0. The molecule has 1 aliphatic heterocycles. The molecule has 0 unspecified atom stereocenters. The highest BCUT2D eigenvalue weighted by Gasteiger charge is 2.31. The Morgan fingerprint density at radius 3 is 3.00 bits per heavy atom. The van der Waals surface area contributed by atoms with Gasteiger partial charge in [-0.05, 0) is 18.1 Å². The molecule has 2 heterocycles. The molecule has 2 atom stereocenters. The third kappa shape index (κ3) is 2.38. The van der Waals surface area contributed by atoms with Crippen LogP contribution < -0.4 is 0 Å². The summed E-state index contributed by atoms with van der Waals surface area (Å²) in [6.45, 7) is 1.22. The molecule has 0 aromatic carbocycles. The van der Waals surface area contributed by atoms with Crippen molar-refractivity contribution < 1.29 is 9.50 Å². The smallest absolute Gasteiger partial charge is 0.114 e. The van der Waals surface area contributed by atoms with Gasteiger partial charge in [-0.15, -0.1) is 0 Å². The first-order valence-corrected chi connectivity index (χ1v) is 5.29. The summed E-state index contributed by atoms with van der Waals surface area (Å²) >= 11 is 0. The first-order valence-electron chi connectivity index (χ1n) is 5.29. The van der Waals surface area contributed by atoms with Crippen molar-refractivity contribution >= 4 is 0 Å². The predicted octanol–water partition coefficient (Wildman–Crippen LogP) is 0.930. The van der Waals surface area contributed by atoms with Crippen molar-refractivity contribution in [3.05, 3.63) is 24.0 Å². The molecule has 1 aromatic heterocycles. The van der Waals surface area contributed by atoms with Crippen LogP contribution in [0.15, 0.2) is 18.5 Å².